The molecule has 0 bridgehead atoms. The van der Waals surface area contributed by atoms with E-state index < -0.39 is 4.92 Å². The summed E-state index contributed by atoms with van der Waals surface area (Å²) >= 11 is 0. The highest BCUT2D eigenvalue weighted by molar-refractivity contribution is 5.22. The van der Waals surface area contributed by atoms with Gasteiger partial charge in [0.1, 0.15) is 0 Å². The Kier molecular flexibility index (Phi) is 2.97. The molecule has 6 heteroatoms. The summed E-state index contributed by atoms with van der Waals surface area (Å²) in [4.78, 5) is 9.81. The van der Waals surface area contributed by atoms with Crippen LogP contribution in [0.3, 0.4) is 0 Å². The lowest BCUT2D eigenvalue weighted by Crippen LogP contribution is -2.04. The molecular formula is C7H12N4O2. The summed E-state index contributed by atoms with van der Waals surface area (Å²) in [5.41, 5.74) is 6.05. The molecule has 1 rings (SSSR count). The third kappa shape index (κ3) is 2.25. The number of hydrogen-bond acceptors (Lipinski definition) is 4. The van der Waals surface area contributed by atoms with Crippen LogP contribution in [0.25, 0.3) is 0 Å². The van der Waals surface area contributed by atoms with Gasteiger partial charge in [0.2, 0.25) is 0 Å². The Morgan fingerprint density at radius 2 is 2.54 bits per heavy atom. The third-order valence-corrected chi connectivity index (χ3v) is 1.89. The highest BCUT2D eigenvalue weighted by atomic mass is 16.6. The van der Waals surface area contributed by atoms with Crippen molar-refractivity contribution in [1.29, 1.82) is 0 Å². The summed E-state index contributed by atoms with van der Waals surface area (Å²) < 4.78 is 0. The monoisotopic (exact) mass is 184 g/mol. The van der Waals surface area contributed by atoms with E-state index in [4.69, 9.17) is 5.73 Å². The van der Waals surface area contributed by atoms with Gasteiger partial charge in [-0.2, -0.15) is 0 Å². The number of nitrogens with two attached hydrogens (primary N) is 1. The van der Waals surface area contributed by atoms with E-state index in [2.05, 4.69) is 10.2 Å². The number of aromatic nitrogens is 2. The van der Waals surface area contributed by atoms with Crippen molar-refractivity contribution in [2.45, 2.75) is 19.3 Å². The molecule has 1 atom stereocenters. The molecule has 1 aromatic heterocycles. The molecule has 6 nitrogen and oxygen atoms in total. The molecule has 0 spiro atoms. The minimum atomic E-state index is -0.494. The summed E-state index contributed by atoms with van der Waals surface area (Å²) in [6.07, 6.45) is 0.780. The van der Waals surface area contributed by atoms with Crippen LogP contribution in [-0.2, 0) is 0 Å². The first kappa shape index (κ1) is 9.66. The first-order chi connectivity index (χ1) is 6.15. The highest BCUT2D eigenvalue weighted by Crippen LogP contribution is 2.19. The van der Waals surface area contributed by atoms with E-state index in [0.717, 1.165) is 6.42 Å². The van der Waals surface area contributed by atoms with Gasteiger partial charge in [0.25, 0.3) is 0 Å². The molecule has 13 heavy (non-hydrogen) atoms. The van der Waals surface area contributed by atoms with Crippen LogP contribution < -0.4 is 5.73 Å². The van der Waals surface area contributed by atoms with Crippen molar-refractivity contribution < 1.29 is 4.92 Å². The number of aromatic amines is 1. The summed E-state index contributed by atoms with van der Waals surface area (Å²) in [6, 6.07) is 1.44. The van der Waals surface area contributed by atoms with Crippen LogP contribution in [-0.4, -0.2) is 21.7 Å². The van der Waals surface area contributed by atoms with Crippen molar-refractivity contribution in [3.8, 4) is 0 Å². The van der Waals surface area contributed by atoms with Crippen molar-refractivity contribution in [2.24, 2.45) is 5.73 Å². The largest absolute Gasteiger partial charge is 0.358 e. The average molecular weight is 184 g/mol. The molecular weight excluding hydrogens is 172 g/mol. The van der Waals surface area contributed by atoms with Gasteiger partial charge in [-0.1, -0.05) is 12.0 Å². The zero-order chi connectivity index (χ0) is 9.84. The number of nitrogens with one attached hydrogen (secondary N) is 1. The van der Waals surface area contributed by atoms with Gasteiger partial charge in [-0.15, -0.1) is 5.10 Å². The maximum absolute atomic E-state index is 10.3. The smallest absolute Gasteiger partial charge is 0.342 e. The van der Waals surface area contributed by atoms with Crippen LogP contribution in [0.15, 0.2) is 6.07 Å². The number of hydrogen-bond donors (Lipinski definition) is 2. The Balaban J connectivity index is 2.73. The van der Waals surface area contributed by atoms with Gasteiger partial charge in [-0.3, -0.25) is 0 Å². The van der Waals surface area contributed by atoms with Crippen LogP contribution in [0.2, 0.25) is 0 Å². The van der Waals surface area contributed by atoms with E-state index in [1.807, 2.05) is 6.92 Å². The lowest BCUT2D eigenvalue weighted by Gasteiger charge is -2.02. The zero-order valence-corrected chi connectivity index (χ0v) is 7.36. The molecule has 3 N–H and O–H groups in total. The van der Waals surface area contributed by atoms with E-state index in [-0.39, 0.29) is 11.7 Å². The fourth-order valence-electron chi connectivity index (χ4n) is 1.07. The van der Waals surface area contributed by atoms with Crippen molar-refractivity contribution in [2.75, 3.05) is 6.54 Å². The molecule has 1 heterocycles. The van der Waals surface area contributed by atoms with Gasteiger partial charge in [-0.25, -0.2) is 0 Å². The maximum atomic E-state index is 10.3. The van der Waals surface area contributed by atoms with Crippen molar-refractivity contribution >= 4 is 5.82 Å². The Bertz CT molecular complexity index is 296. The van der Waals surface area contributed by atoms with Crippen LogP contribution in [0.1, 0.15) is 25.0 Å². The van der Waals surface area contributed by atoms with E-state index in [1.165, 1.54) is 6.07 Å². The van der Waals surface area contributed by atoms with Gasteiger partial charge in [-0.05, 0) is 17.9 Å². The van der Waals surface area contributed by atoms with E-state index in [9.17, 15) is 10.1 Å². The lowest BCUT2D eigenvalue weighted by molar-refractivity contribution is -0.389. The van der Waals surface area contributed by atoms with Crippen LogP contribution in [0.5, 0.6) is 0 Å². The van der Waals surface area contributed by atoms with Crippen molar-refractivity contribution in [3.63, 3.8) is 0 Å². The van der Waals surface area contributed by atoms with E-state index in [1.54, 1.807) is 0 Å². The highest BCUT2D eigenvalue weighted by Gasteiger charge is 2.14. The van der Waals surface area contributed by atoms with Crippen molar-refractivity contribution in [1.82, 2.24) is 10.2 Å². The van der Waals surface area contributed by atoms with E-state index >= 15 is 0 Å². The summed E-state index contributed by atoms with van der Waals surface area (Å²) in [7, 11) is 0. The molecule has 0 fully saturated rings. The first-order valence-electron chi connectivity index (χ1n) is 4.05. The van der Waals surface area contributed by atoms with Crippen LogP contribution in [0, 0.1) is 10.1 Å². The van der Waals surface area contributed by atoms with Gasteiger partial charge in [0.05, 0.1) is 11.8 Å². The summed E-state index contributed by atoms with van der Waals surface area (Å²) in [5, 5.41) is 16.5. The average Bonchev–Trinajstić information content (AvgIpc) is 2.52. The van der Waals surface area contributed by atoms with Gasteiger partial charge >= 0.3 is 5.82 Å². The second-order valence-electron chi connectivity index (χ2n) is 2.91. The second-order valence-corrected chi connectivity index (χ2v) is 2.91. The summed E-state index contributed by atoms with van der Waals surface area (Å²) in [6.45, 7) is 2.49. The lowest BCUT2D eigenvalue weighted by atomic mass is 10.0. The van der Waals surface area contributed by atoms with Gasteiger partial charge in [0, 0.05) is 5.92 Å². The minimum absolute atomic E-state index is 0.0705. The molecule has 0 aromatic carbocycles. The Morgan fingerprint density at radius 1 is 1.85 bits per heavy atom. The maximum Gasteiger partial charge on any atom is 0.342 e. The number of nitro groups is 1. The molecule has 72 valence electrons. The Hall–Kier alpha value is -1.43. The fourth-order valence-corrected chi connectivity index (χ4v) is 1.07. The topological polar surface area (TPSA) is 97.8 Å². The molecule has 0 amide bonds. The molecule has 0 saturated heterocycles. The normalized spacial score (nSPS) is 12.8. The first-order valence-corrected chi connectivity index (χ1v) is 4.05. The summed E-state index contributed by atoms with van der Waals surface area (Å²) in [5.74, 6) is 0.0915. The predicted molar refractivity (Wildman–Crippen MR) is 47.3 cm³/mol. The van der Waals surface area contributed by atoms with Gasteiger partial charge < -0.3 is 15.8 Å². The fraction of sp³-hybridized carbons (Fsp3) is 0.571. The second kappa shape index (κ2) is 3.99. The number of rotatable bonds is 4. The number of H-pyrrole nitrogens is 1. The third-order valence-electron chi connectivity index (χ3n) is 1.89. The molecule has 0 aliphatic rings. The quantitative estimate of drug-likeness (QED) is 0.533. The SMILES string of the molecule is CC(CCN)c1cc([N+](=O)[O-])[nH]n1. The predicted octanol–water partition coefficient (Wildman–Crippen LogP) is 0.770. The molecule has 0 aliphatic carbocycles. The number of nitrogens with zero attached hydrogens (tertiary/aromatic N) is 2. The molecule has 0 saturated carbocycles. The molecule has 0 aliphatic heterocycles. The molecule has 0 radical (unpaired) electrons. The minimum Gasteiger partial charge on any atom is -0.358 e. The Labute approximate surface area is 75.3 Å². The molecule has 1 unspecified atom stereocenters. The standard InChI is InChI=1S/C7H12N4O2/c1-5(2-3-8)6-4-7(10-9-6)11(12)13/h4-5H,2-3,8H2,1H3,(H,9,10). The van der Waals surface area contributed by atoms with Crippen LogP contribution >= 0.6 is 0 Å². The zero-order valence-electron chi connectivity index (χ0n) is 7.36. The Morgan fingerprint density at radius 3 is 3.00 bits per heavy atom. The molecule has 1 aromatic rings. The van der Waals surface area contributed by atoms with Crippen LogP contribution in [0.4, 0.5) is 5.82 Å². The van der Waals surface area contributed by atoms with Gasteiger partial charge in [0.15, 0.2) is 0 Å². The van der Waals surface area contributed by atoms with E-state index in [0.29, 0.717) is 12.2 Å². The van der Waals surface area contributed by atoms with Crippen molar-refractivity contribution in [3.05, 3.63) is 21.9 Å².